The number of benzene rings is 1. The van der Waals surface area contributed by atoms with Gasteiger partial charge in [0, 0.05) is 12.1 Å². The Morgan fingerprint density at radius 1 is 0.894 bits per heavy atom. The third-order valence-electron chi connectivity index (χ3n) is 5.55. The molecule has 256 valence electrons. The minimum atomic E-state index is -1.24. The van der Waals surface area contributed by atoms with Crippen LogP contribution in [0.2, 0.25) is 0 Å². The normalized spacial score (nSPS) is 11.7. The quantitative estimate of drug-likeness (QED) is 0.113. The first-order valence-corrected chi connectivity index (χ1v) is 14.3. The monoisotopic (exact) mass is 659 g/mol. The van der Waals surface area contributed by atoms with E-state index < -0.39 is 59.7 Å². The van der Waals surface area contributed by atoms with Crippen molar-refractivity contribution in [3.05, 3.63) is 46.8 Å². The zero-order valence-corrected chi connectivity index (χ0v) is 27.8. The van der Waals surface area contributed by atoms with Gasteiger partial charge in [-0.2, -0.15) is 0 Å². The summed E-state index contributed by atoms with van der Waals surface area (Å²) >= 11 is 0. The molecule has 0 spiro atoms. The van der Waals surface area contributed by atoms with Crippen molar-refractivity contribution in [2.45, 2.75) is 72.6 Å². The molecule has 0 aliphatic carbocycles. The number of aliphatic imine (C=N–C) groups is 1. The average molecular weight is 660 g/mol. The van der Waals surface area contributed by atoms with Crippen LogP contribution in [0.15, 0.2) is 33.8 Å². The number of hydrogen-bond acceptors (Lipinski definition) is 12. The zero-order chi connectivity index (χ0) is 35.5. The summed E-state index contributed by atoms with van der Waals surface area (Å²) < 4.78 is 20.1. The molecule has 0 saturated heterocycles. The van der Waals surface area contributed by atoms with Crippen LogP contribution in [-0.4, -0.2) is 84.4 Å². The number of carbonyl (C=O) groups is 6. The summed E-state index contributed by atoms with van der Waals surface area (Å²) in [5.74, 6) is -2.86. The van der Waals surface area contributed by atoms with E-state index in [4.69, 9.17) is 18.7 Å². The average Bonchev–Trinajstić information content (AvgIpc) is 3.28. The number of amides is 5. The fourth-order valence-corrected chi connectivity index (χ4v) is 3.65. The molecular weight excluding hydrogens is 618 g/mol. The fourth-order valence-electron chi connectivity index (χ4n) is 3.65. The second-order valence-electron chi connectivity index (χ2n) is 12.0. The lowest BCUT2D eigenvalue weighted by atomic mass is 10.1. The lowest BCUT2D eigenvalue weighted by molar-refractivity contribution is -0.142. The second-order valence-corrected chi connectivity index (χ2v) is 12.0. The number of aryl methyl sites for hydroxylation is 2. The van der Waals surface area contributed by atoms with Crippen LogP contribution in [0.5, 0.6) is 0 Å². The number of rotatable bonds is 9. The lowest BCUT2D eigenvalue weighted by Crippen LogP contribution is -2.50. The van der Waals surface area contributed by atoms with E-state index in [1.807, 2.05) is 0 Å². The van der Waals surface area contributed by atoms with E-state index >= 15 is 0 Å². The predicted molar refractivity (Wildman–Crippen MR) is 167 cm³/mol. The number of guanidine groups is 1. The summed E-state index contributed by atoms with van der Waals surface area (Å²) in [5.41, 5.74) is -0.963. The molecule has 5 amide bonds. The van der Waals surface area contributed by atoms with E-state index in [1.54, 1.807) is 48.5 Å². The maximum absolute atomic E-state index is 12.8. The van der Waals surface area contributed by atoms with E-state index in [1.165, 1.54) is 31.2 Å². The third kappa shape index (κ3) is 13.2. The SMILES string of the molecule is COC(=O)C(CNC(=O)CNC(=O)c1cccc(N=C(NC(=O)OC(C)(C)C)NC(=O)OC(C)(C)C)c1)NC(=O)c1c(C)noc1C. The van der Waals surface area contributed by atoms with Crippen LogP contribution in [0.4, 0.5) is 15.3 Å². The smallest absolute Gasteiger partial charge is 0.414 e. The lowest BCUT2D eigenvalue weighted by Gasteiger charge is -2.22. The van der Waals surface area contributed by atoms with E-state index in [-0.39, 0.29) is 35.1 Å². The molecule has 0 fully saturated rings. The summed E-state index contributed by atoms with van der Waals surface area (Å²) in [6.07, 6.45) is -1.80. The van der Waals surface area contributed by atoms with Crippen molar-refractivity contribution in [2.24, 2.45) is 4.99 Å². The van der Waals surface area contributed by atoms with Crippen LogP contribution in [0.25, 0.3) is 0 Å². The van der Waals surface area contributed by atoms with Gasteiger partial charge in [0.1, 0.15) is 28.6 Å². The highest BCUT2D eigenvalue weighted by Crippen LogP contribution is 2.15. The summed E-state index contributed by atoms with van der Waals surface area (Å²) in [4.78, 5) is 79.2. The molecule has 0 aliphatic heterocycles. The van der Waals surface area contributed by atoms with Crippen molar-refractivity contribution in [1.29, 1.82) is 0 Å². The molecule has 5 N–H and O–H groups in total. The third-order valence-corrected chi connectivity index (χ3v) is 5.55. The number of alkyl carbamates (subject to hydrolysis) is 2. The second kappa shape index (κ2) is 16.2. The van der Waals surface area contributed by atoms with Crippen molar-refractivity contribution in [3.8, 4) is 0 Å². The maximum atomic E-state index is 12.8. The Kier molecular flexibility index (Phi) is 13.0. The molecule has 17 heteroatoms. The summed E-state index contributed by atoms with van der Waals surface area (Å²) in [6.45, 7) is 12.2. The number of aromatic nitrogens is 1. The Balaban J connectivity index is 2.08. The van der Waals surface area contributed by atoms with Crippen LogP contribution in [0, 0.1) is 13.8 Å². The Labute approximate surface area is 271 Å². The molecule has 47 heavy (non-hydrogen) atoms. The fraction of sp³-hybridized carbons (Fsp3) is 0.467. The van der Waals surface area contributed by atoms with Gasteiger partial charge in [-0.15, -0.1) is 0 Å². The van der Waals surface area contributed by atoms with E-state index in [2.05, 4.69) is 36.7 Å². The van der Waals surface area contributed by atoms with Gasteiger partial charge in [0.05, 0.1) is 25.0 Å². The highest BCUT2D eigenvalue weighted by atomic mass is 16.6. The molecule has 2 rings (SSSR count). The molecule has 0 bridgehead atoms. The van der Waals surface area contributed by atoms with Gasteiger partial charge >= 0.3 is 18.2 Å². The number of nitrogens with one attached hydrogen (secondary N) is 5. The number of nitrogens with zero attached hydrogens (tertiary/aromatic N) is 2. The largest absolute Gasteiger partial charge is 0.467 e. The van der Waals surface area contributed by atoms with Crippen LogP contribution < -0.4 is 26.6 Å². The van der Waals surface area contributed by atoms with Crippen LogP contribution >= 0.6 is 0 Å². The number of methoxy groups -OCH3 is 1. The topological polar surface area (TPSA) is 229 Å². The molecule has 0 aliphatic rings. The molecule has 1 aromatic carbocycles. The van der Waals surface area contributed by atoms with Crippen LogP contribution in [0.3, 0.4) is 0 Å². The standard InChI is InChI=1S/C30H41N7O10/c1-16-22(17(2)47-37-16)24(40)34-20(25(41)44-9)14-31-21(38)15-32-23(39)18-11-10-12-19(13-18)33-26(35-27(42)45-29(3,4)5)36-28(43)46-30(6,7)8/h10-13,20H,14-15H2,1-9H3,(H,31,38)(H,32,39)(H,34,40)(H2,33,35,36,42,43). The van der Waals surface area contributed by atoms with Gasteiger partial charge in [0.2, 0.25) is 11.9 Å². The van der Waals surface area contributed by atoms with E-state index in [0.717, 1.165) is 7.11 Å². The predicted octanol–water partition coefficient (Wildman–Crippen LogP) is 2.15. The van der Waals surface area contributed by atoms with Crippen LogP contribution in [-0.2, 0) is 23.8 Å². The van der Waals surface area contributed by atoms with Crippen molar-refractivity contribution < 1.29 is 47.5 Å². The summed E-state index contributed by atoms with van der Waals surface area (Å²) in [7, 11) is 1.13. The Bertz CT molecular complexity index is 1470. The Morgan fingerprint density at radius 2 is 1.49 bits per heavy atom. The van der Waals surface area contributed by atoms with Gasteiger partial charge < -0.3 is 34.7 Å². The Hall–Kier alpha value is -5.48. The highest BCUT2D eigenvalue weighted by molar-refractivity contribution is 6.03. The minimum absolute atomic E-state index is 0.0899. The zero-order valence-electron chi connectivity index (χ0n) is 27.8. The molecule has 1 unspecified atom stereocenters. The van der Waals surface area contributed by atoms with Gasteiger partial charge in [-0.05, 0) is 73.6 Å². The van der Waals surface area contributed by atoms with Gasteiger partial charge in [-0.3, -0.25) is 25.0 Å². The van der Waals surface area contributed by atoms with Gasteiger partial charge in [-0.25, -0.2) is 19.4 Å². The van der Waals surface area contributed by atoms with Gasteiger partial charge in [-0.1, -0.05) is 11.2 Å². The minimum Gasteiger partial charge on any atom is -0.467 e. The molecular formula is C30H41N7O10. The molecule has 0 radical (unpaired) electrons. The summed E-state index contributed by atoms with van der Waals surface area (Å²) in [5, 5.41) is 15.8. The van der Waals surface area contributed by atoms with Gasteiger partial charge in [0.15, 0.2) is 0 Å². The van der Waals surface area contributed by atoms with Crippen molar-refractivity contribution in [2.75, 3.05) is 20.2 Å². The maximum Gasteiger partial charge on any atom is 0.414 e. The molecule has 2 aromatic rings. The first-order chi connectivity index (χ1) is 21.8. The van der Waals surface area contributed by atoms with Crippen LogP contribution in [0.1, 0.15) is 73.7 Å². The van der Waals surface area contributed by atoms with Crippen molar-refractivity contribution in [1.82, 2.24) is 31.7 Å². The number of hydrogen-bond donors (Lipinski definition) is 5. The summed E-state index contributed by atoms with van der Waals surface area (Å²) in [6, 6.07) is 4.55. The number of ether oxygens (including phenoxy) is 3. The molecule has 1 aromatic heterocycles. The van der Waals surface area contributed by atoms with Crippen molar-refractivity contribution in [3.63, 3.8) is 0 Å². The first-order valence-electron chi connectivity index (χ1n) is 14.3. The van der Waals surface area contributed by atoms with Crippen molar-refractivity contribution >= 4 is 47.5 Å². The molecule has 0 saturated carbocycles. The Morgan fingerprint density at radius 3 is 2.00 bits per heavy atom. The molecule has 1 heterocycles. The number of esters is 1. The molecule has 1 atom stereocenters. The van der Waals surface area contributed by atoms with E-state index in [9.17, 15) is 28.8 Å². The first kappa shape index (κ1) is 37.7. The number of carbonyl (C=O) groups excluding carboxylic acids is 6. The molecule has 17 nitrogen and oxygen atoms in total. The van der Waals surface area contributed by atoms with Gasteiger partial charge in [0.25, 0.3) is 11.8 Å². The van der Waals surface area contributed by atoms with E-state index in [0.29, 0.717) is 5.69 Å². The highest BCUT2D eigenvalue weighted by Gasteiger charge is 2.26.